The summed E-state index contributed by atoms with van der Waals surface area (Å²) in [6.07, 6.45) is -12.9. The largest absolute Gasteiger partial charge is 0.471 e. The summed E-state index contributed by atoms with van der Waals surface area (Å²) in [6, 6.07) is 0.441. The van der Waals surface area contributed by atoms with Crippen molar-refractivity contribution in [3.05, 3.63) is 41.0 Å². The molecule has 46 heavy (non-hydrogen) atoms. The van der Waals surface area contributed by atoms with Gasteiger partial charge in [0, 0.05) is 36.6 Å². The van der Waals surface area contributed by atoms with Crippen LogP contribution in [0.25, 0.3) is 16.8 Å². The maximum Gasteiger partial charge on any atom is 0.471 e. The molecule has 248 valence electrons. The number of carbonyl (C=O) groups excluding carboxylic acids is 3. The highest BCUT2D eigenvalue weighted by molar-refractivity contribution is 5.99. The molecule has 0 unspecified atom stereocenters. The number of likely N-dealkylation sites (tertiary alicyclic amines) is 1. The molecule has 3 aromatic heterocycles. The molecule has 1 aliphatic heterocycles. The maximum atomic E-state index is 14.9. The van der Waals surface area contributed by atoms with Crippen molar-refractivity contribution in [1.82, 2.24) is 29.8 Å². The highest BCUT2D eigenvalue weighted by Crippen LogP contribution is 2.41. The van der Waals surface area contributed by atoms with Crippen LogP contribution in [0.4, 0.5) is 45.3 Å². The summed E-state index contributed by atoms with van der Waals surface area (Å²) in [5.74, 6) is -9.19. The first-order valence-electron chi connectivity index (χ1n) is 13.7. The summed E-state index contributed by atoms with van der Waals surface area (Å²) in [7, 11) is 0. The molecule has 5 rings (SSSR count). The zero-order valence-electron chi connectivity index (χ0n) is 23.9. The Kier molecular flexibility index (Phi) is 8.17. The Morgan fingerprint density at radius 3 is 2.33 bits per heavy atom. The van der Waals surface area contributed by atoms with Gasteiger partial charge in [0.05, 0.1) is 35.1 Å². The second-order valence-corrected chi connectivity index (χ2v) is 11.2. The number of hydrogen-bond acceptors (Lipinski definition) is 6. The lowest BCUT2D eigenvalue weighted by Crippen LogP contribution is -2.42. The van der Waals surface area contributed by atoms with E-state index in [2.05, 4.69) is 20.4 Å². The van der Waals surface area contributed by atoms with Crippen molar-refractivity contribution in [2.24, 2.45) is 5.92 Å². The van der Waals surface area contributed by atoms with Gasteiger partial charge >= 0.3 is 18.3 Å². The number of nitrogens with one attached hydrogen (secondary N) is 2. The van der Waals surface area contributed by atoms with E-state index in [0.717, 1.165) is 11.0 Å². The first-order chi connectivity index (χ1) is 21.3. The topological polar surface area (TPSA) is 122 Å². The van der Waals surface area contributed by atoms with Crippen LogP contribution in [-0.4, -0.2) is 79.6 Å². The van der Waals surface area contributed by atoms with Crippen LogP contribution in [0, 0.1) is 19.8 Å². The Morgan fingerprint density at radius 1 is 1.02 bits per heavy atom. The smallest absolute Gasteiger partial charge is 0.344 e. The summed E-state index contributed by atoms with van der Waals surface area (Å²) in [4.78, 5) is 46.2. The maximum absolute atomic E-state index is 14.9. The number of rotatable bonds is 5. The summed E-state index contributed by atoms with van der Waals surface area (Å²) < 4.78 is 124. The third-order valence-corrected chi connectivity index (χ3v) is 7.90. The Hall–Kier alpha value is -4.45. The number of amides is 3. The molecule has 3 amide bonds. The number of alkyl halides is 9. The third-order valence-electron chi connectivity index (χ3n) is 7.90. The fraction of sp³-hybridized carbons (Fsp3) is 0.481. The lowest BCUT2D eigenvalue weighted by molar-refractivity contribution is -0.167. The second kappa shape index (κ2) is 11.4. The predicted molar refractivity (Wildman–Crippen MR) is 140 cm³/mol. The highest BCUT2D eigenvalue weighted by Gasteiger charge is 2.46. The summed E-state index contributed by atoms with van der Waals surface area (Å²) in [5.41, 5.74) is -3.05. The molecule has 3 aromatic rings. The van der Waals surface area contributed by atoms with Crippen LogP contribution in [-0.2, 0) is 15.8 Å². The van der Waals surface area contributed by atoms with Crippen molar-refractivity contribution >= 4 is 29.1 Å². The van der Waals surface area contributed by atoms with Gasteiger partial charge in [0.25, 0.3) is 5.91 Å². The van der Waals surface area contributed by atoms with E-state index in [0.29, 0.717) is 16.9 Å². The molecule has 0 radical (unpaired) electrons. The quantitative estimate of drug-likeness (QED) is 0.383. The van der Waals surface area contributed by atoms with E-state index in [9.17, 15) is 53.9 Å². The van der Waals surface area contributed by atoms with Crippen LogP contribution in [0.2, 0.25) is 0 Å². The average molecular weight is 666 g/mol. The Balaban J connectivity index is 1.46. The van der Waals surface area contributed by atoms with Crippen LogP contribution < -0.4 is 10.6 Å². The van der Waals surface area contributed by atoms with E-state index < -0.39 is 90.4 Å². The standard InChI is InChI=1S/C27H24F9N7O3/c1-11-14(19-6-16(26(31,32)33)20-21(37-10-38-43(19)20)41-24(46)27(34,35)36)5-15(12(2)39-11)22(44)40-18-9-42(8-17(18)28)23(45)13-3-4-25(29,30)7-13/h5-6,10,13,17-18H,3-4,7-9H2,1-2H3,(H,40,44)(H,37,38,41,46)/t13-,17-,18+/m0/s1. The van der Waals surface area contributed by atoms with E-state index in [1.54, 1.807) is 0 Å². The monoisotopic (exact) mass is 665 g/mol. The van der Waals surface area contributed by atoms with Gasteiger partial charge in [-0.1, -0.05) is 0 Å². The molecule has 4 heterocycles. The first-order valence-corrected chi connectivity index (χ1v) is 13.7. The molecule has 19 heteroatoms. The molecular weight excluding hydrogens is 641 g/mol. The van der Waals surface area contributed by atoms with Gasteiger partial charge in [-0.15, -0.1) is 0 Å². The summed E-state index contributed by atoms with van der Waals surface area (Å²) in [5, 5.41) is 7.47. The number of pyridine rings is 1. The second-order valence-electron chi connectivity index (χ2n) is 11.2. The SMILES string of the molecule is Cc1nc(C)c(-c2cc(C(F)(F)F)c3c(NC(=O)C(F)(F)F)ncnn23)cc1C(=O)N[C@@H]1CN(C(=O)[C@H]2CCC(F)(F)C2)C[C@@H]1F. The molecule has 0 spiro atoms. The molecule has 10 nitrogen and oxygen atoms in total. The molecule has 1 aliphatic carbocycles. The van der Waals surface area contributed by atoms with Gasteiger partial charge in [0.1, 0.15) is 18.0 Å². The van der Waals surface area contributed by atoms with Crippen molar-refractivity contribution in [3.8, 4) is 11.3 Å². The fourth-order valence-corrected chi connectivity index (χ4v) is 5.68. The minimum Gasteiger partial charge on any atom is -0.344 e. The molecule has 1 saturated carbocycles. The predicted octanol–water partition coefficient (Wildman–Crippen LogP) is 4.64. The van der Waals surface area contributed by atoms with Gasteiger partial charge in [-0.25, -0.2) is 22.7 Å². The van der Waals surface area contributed by atoms with Crippen LogP contribution in [0.3, 0.4) is 0 Å². The number of nitrogens with zero attached hydrogens (tertiary/aromatic N) is 5. The number of fused-ring (bicyclic) bond motifs is 1. The molecule has 2 fully saturated rings. The molecule has 0 bridgehead atoms. The van der Waals surface area contributed by atoms with Crippen LogP contribution in [0.15, 0.2) is 18.5 Å². The fourth-order valence-electron chi connectivity index (χ4n) is 5.68. The third kappa shape index (κ3) is 6.31. The van der Waals surface area contributed by atoms with Crippen LogP contribution in [0.5, 0.6) is 0 Å². The van der Waals surface area contributed by atoms with Gasteiger partial charge < -0.3 is 15.5 Å². The Morgan fingerprint density at radius 2 is 1.72 bits per heavy atom. The molecular formula is C27H24F9N7O3. The van der Waals surface area contributed by atoms with Crippen molar-refractivity contribution in [3.63, 3.8) is 0 Å². The number of hydrogen-bond donors (Lipinski definition) is 2. The van der Waals surface area contributed by atoms with Crippen LogP contribution in [0.1, 0.15) is 46.6 Å². The minimum absolute atomic E-state index is 0.0566. The van der Waals surface area contributed by atoms with Gasteiger partial charge in [-0.05, 0) is 32.4 Å². The van der Waals surface area contributed by atoms with Gasteiger partial charge in [-0.2, -0.15) is 31.4 Å². The highest BCUT2D eigenvalue weighted by atomic mass is 19.4. The van der Waals surface area contributed by atoms with Crippen molar-refractivity contribution in [2.75, 3.05) is 18.4 Å². The number of halogens is 9. The molecule has 0 aromatic carbocycles. The van der Waals surface area contributed by atoms with Gasteiger partial charge in [0.15, 0.2) is 5.82 Å². The average Bonchev–Trinajstić information content (AvgIpc) is 3.62. The Labute approximate surface area is 253 Å². The lowest BCUT2D eigenvalue weighted by Gasteiger charge is -2.20. The van der Waals surface area contributed by atoms with E-state index in [4.69, 9.17) is 0 Å². The summed E-state index contributed by atoms with van der Waals surface area (Å²) in [6.45, 7) is 2.04. The van der Waals surface area contributed by atoms with Crippen molar-refractivity contribution in [1.29, 1.82) is 0 Å². The molecule has 1 saturated heterocycles. The Bertz CT molecular complexity index is 1720. The summed E-state index contributed by atoms with van der Waals surface area (Å²) >= 11 is 0. The van der Waals surface area contributed by atoms with Crippen molar-refractivity contribution in [2.45, 2.75) is 63.6 Å². The van der Waals surface area contributed by atoms with Crippen molar-refractivity contribution < 1.29 is 53.9 Å². The lowest BCUT2D eigenvalue weighted by atomic mass is 10.0. The first kappa shape index (κ1) is 32.9. The molecule has 3 atom stereocenters. The number of carbonyl (C=O) groups is 3. The number of anilines is 1. The van der Waals surface area contributed by atoms with E-state index in [1.165, 1.54) is 19.2 Å². The minimum atomic E-state index is -5.44. The van der Waals surface area contributed by atoms with E-state index >= 15 is 0 Å². The molecule has 2 aliphatic rings. The zero-order chi connectivity index (χ0) is 33.9. The van der Waals surface area contributed by atoms with E-state index in [-0.39, 0.29) is 41.2 Å². The normalized spacial score (nSPS) is 21.5. The zero-order valence-corrected chi connectivity index (χ0v) is 23.9. The number of aromatic nitrogens is 4. The number of aryl methyl sites for hydroxylation is 2. The van der Waals surface area contributed by atoms with Crippen LogP contribution >= 0.6 is 0 Å². The van der Waals surface area contributed by atoms with E-state index in [1.807, 2.05) is 0 Å². The molecule has 2 N–H and O–H groups in total. The van der Waals surface area contributed by atoms with Gasteiger partial charge in [0.2, 0.25) is 11.8 Å². The van der Waals surface area contributed by atoms with Gasteiger partial charge in [-0.3, -0.25) is 19.4 Å².